The van der Waals surface area contributed by atoms with Gasteiger partial charge in [-0.1, -0.05) is 6.92 Å². The van der Waals surface area contributed by atoms with E-state index in [9.17, 15) is 0 Å². The molecule has 0 bridgehead atoms. The Balaban J connectivity index is 2.29. The fourth-order valence-corrected chi connectivity index (χ4v) is 2.67. The highest BCUT2D eigenvalue weighted by molar-refractivity contribution is 7.08. The second-order valence-electron chi connectivity index (χ2n) is 4.03. The summed E-state index contributed by atoms with van der Waals surface area (Å²) < 4.78 is 0. The average molecular weight is 247 g/mol. The molecule has 2 heterocycles. The summed E-state index contributed by atoms with van der Waals surface area (Å²) >= 11 is 1.73. The summed E-state index contributed by atoms with van der Waals surface area (Å²) in [5.41, 5.74) is 3.61. The topological polar surface area (TPSA) is 37.8 Å². The van der Waals surface area contributed by atoms with E-state index < -0.39 is 0 Å². The third-order valence-electron chi connectivity index (χ3n) is 2.68. The van der Waals surface area contributed by atoms with E-state index in [4.69, 9.17) is 0 Å². The van der Waals surface area contributed by atoms with Crippen molar-refractivity contribution < 1.29 is 0 Å². The Morgan fingerprint density at radius 1 is 1.35 bits per heavy atom. The number of aryl methyl sites for hydroxylation is 1. The molecule has 2 rings (SSSR count). The van der Waals surface area contributed by atoms with E-state index in [0.717, 1.165) is 18.7 Å². The molecule has 4 heteroatoms. The Bertz CT molecular complexity index is 453. The maximum Gasteiger partial charge on any atom is 0.0801 e. The molecular weight excluding hydrogens is 230 g/mol. The van der Waals surface area contributed by atoms with E-state index in [1.54, 1.807) is 23.7 Å². The monoisotopic (exact) mass is 247 g/mol. The average Bonchev–Trinajstić information content (AvgIpc) is 2.78. The van der Waals surface area contributed by atoms with Crippen molar-refractivity contribution in [1.82, 2.24) is 15.3 Å². The number of nitrogens with one attached hydrogen (secondary N) is 1. The van der Waals surface area contributed by atoms with Gasteiger partial charge in [0.2, 0.25) is 0 Å². The van der Waals surface area contributed by atoms with Crippen molar-refractivity contribution in [3.63, 3.8) is 0 Å². The van der Waals surface area contributed by atoms with Gasteiger partial charge in [-0.15, -0.1) is 0 Å². The first-order valence-corrected chi connectivity index (χ1v) is 6.79. The lowest BCUT2D eigenvalue weighted by molar-refractivity contribution is 0.583. The third-order valence-corrected chi connectivity index (χ3v) is 3.56. The number of aromatic nitrogens is 2. The van der Waals surface area contributed by atoms with E-state index in [2.05, 4.69) is 39.9 Å². The van der Waals surface area contributed by atoms with Crippen LogP contribution in [0.25, 0.3) is 0 Å². The molecular formula is C13H17N3S. The van der Waals surface area contributed by atoms with E-state index in [-0.39, 0.29) is 6.04 Å². The molecule has 90 valence electrons. The number of thiophene rings is 1. The Kier molecular flexibility index (Phi) is 4.23. The molecule has 0 saturated heterocycles. The van der Waals surface area contributed by atoms with Crippen molar-refractivity contribution in [3.05, 3.63) is 46.2 Å². The van der Waals surface area contributed by atoms with Crippen molar-refractivity contribution in [2.45, 2.75) is 26.3 Å². The van der Waals surface area contributed by atoms with Crippen molar-refractivity contribution in [2.24, 2.45) is 0 Å². The SMILES string of the molecule is CCCNC(c1cnccn1)c1cscc1C. The molecule has 1 unspecified atom stereocenters. The van der Waals surface area contributed by atoms with Gasteiger partial charge in [0.1, 0.15) is 0 Å². The summed E-state index contributed by atoms with van der Waals surface area (Å²) in [6.45, 7) is 5.29. The van der Waals surface area contributed by atoms with E-state index in [1.807, 2.05) is 6.20 Å². The zero-order valence-corrected chi connectivity index (χ0v) is 11.0. The predicted molar refractivity (Wildman–Crippen MR) is 71.2 cm³/mol. The fraction of sp³-hybridized carbons (Fsp3) is 0.385. The van der Waals surface area contributed by atoms with E-state index in [0.29, 0.717) is 0 Å². The van der Waals surface area contributed by atoms with Crippen molar-refractivity contribution in [2.75, 3.05) is 6.54 Å². The van der Waals surface area contributed by atoms with Gasteiger partial charge in [0.25, 0.3) is 0 Å². The summed E-state index contributed by atoms with van der Waals surface area (Å²) in [6.07, 6.45) is 6.41. The smallest absolute Gasteiger partial charge is 0.0801 e. The Morgan fingerprint density at radius 3 is 2.82 bits per heavy atom. The lowest BCUT2D eigenvalue weighted by atomic mass is 10.0. The minimum Gasteiger partial charge on any atom is -0.305 e. The number of hydrogen-bond acceptors (Lipinski definition) is 4. The van der Waals surface area contributed by atoms with Gasteiger partial charge in [0, 0.05) is 12.4 Å². The van der Waals surface area contributed by atoms with Gasteiger partial charge in [0.15, 0.2) is 0 Å². The molecule has 0 radical (unpaired) electrons. The number of rotatable bonds is 5. The van der Waals surface area contributed by atoms with Crippen LogP contribution >= 0.6 is 11.3 Å². The van der Waals surface area contributed by atoms with Crippen LogP contribution in [0.4, 0.5) is 0 Å². The molecule has 0 aromatic carbocycles. The van der Waals surface area contributed by atoms with Gasteiger partial charge in [-0.25, -0.2) is 0 Å². The van der Waals surface area contributed by atoms with Crippen LogP contribution in [-0.2, 0) is 0 Å². The molecule has 1 atom stereocenters. The van der Waals surface area contributed by atoms with Crippen LogP contribution in [0, 0.1) is 6.92 Å². The molecule has 2 aromatic heterocycles. The van der Waals surface area contributed by atoms with Gasteiger partial charge >= 0.3 is 0 Å². The molecule has 17 heavy (non-hydrogen) atoms. The highest BCUT2D eigenvalue weighted by Crippen LogP contribution is 2.25. The molecule has 2 aromatic rings. The highest BCUT2D eigenvalue weighted by Gasteiger charge is 2.17. The van der Waals surface area contributed by atoms with Crippen LogP contribution in [0.5, 0.6) is 0 Å². The highest BCUT2D eigenvalue weighted by atomic mass is 32.1. The summed E-state index contributed by atoms with van der Waals surface area (Å²) in [5, 5.41) is 7.90. The first-order chi connectivity index (χ1) is 8.33. The van der Waals surface area contributed by atoms with Crippen LogP contribution in [0.2, 0.25) is 0 Å². The van der Waals surface area contributed by atoms with Gasteiger partial charge in [0.05, 0.1) is 17.9 Å². The number of hydrogen-bond donors (Lipinski definition) is 1. The van der Waals surface area contributed by atoms with Crippen molar-refractivity contribution in [3.8, 4) is 0 Å². The summed E-state index contributed by atoms with van der Waals surface area (Å²) in [4.78, 5) is 8.56. The zero-order valence-electron chi connectivity index (χ0n) is 10.2. The van der Waals surface area contributed by atoms with E-state index >= 15 is 0 Å². The maximum atomic E-state index is 4.41. The normalized spacial score (nSPS) is 12.6. The predicted octanol–water partition coefficient (Wildman–Crippen LogP) is 2.94. The molecule has 3 nitrogen and oxygen atoms in total. The molecule has 0 amide bonds. The molecule has 0 aliphatic heterocycles. The second-order valence-corrected chi connectivity index (χ2v) is 4.77. The first-order valence-electron chi connectivity index (χ1n) is 5.85. The van der Waals surface area contributed by atoms with Crippen LogP contribution in [0.1, 0.15) is 36.2 Å². The molecule has 0 spiro atoms. The van der Waals surface area contributed by atoms with Crippen LogP contribution in [0.15, 0.2) is 29.4 Å². The van der Waals surface area contributed by atoms with Crippen LogP contribution in [-0.4, -0.2) is 16.5 Å². The van der Waals surface area contributed by atoms with Gasteiger partial charge in [-0.3, -0.25) is 9.97 Å². The van der Waals surface area contributed by atoms with Crippen LogP contribution < -0.4 is 5.32 Å². The quantitative estimate of drug-likeness (QED) is 0.882. The fourth-order valence-electron chi connectivity index (χ4n) is 1.79. The molecule has 0 aliphatic carbocycles. The lowest BCUT2D eigenvalue weighted by Gasteiger charge is -2.17. The Morgan fingerprint density at radius 2 is 2.24 bits per heavy atom. The molecule has 0 fully saturated rings. The van der Waals surface area contributed by atoms with E-state index in [1.165, 1.54) is 11.1 Å². The molecule has 1 N–H and O–H groups in total. The van der Waals surface area contributed by atoms with Crippen molar-refractivity contribution in [1.29, 1.82) is 0 Å². The number of nitrogens with zero attached hydrogens (tertiary/aromatic N) is 2. The lowest BCUT2D eigenvalue weighted by Crippen LogP contribution is -2.24. The standard InChI is InChI=1S/C13H17N3S/c1-3-4-16-13(11-9-17-8-10(11)2)12-7-14-5-6-15-12/h5-9,13,16H,3-4H2,1-2H3. The molecule has 0 aliphatic rings. The Labute approximate surface area is 106 Å². The second kappa shape index (κ2) is 5.89. The molecule has 0 saturated carbocycles. The van der Waals surface area contributed by atoms with Gasteiger partial charge < -0.3 is 5.32 Å². The minimum atomic E-state index is 0.162. The first kappa shape index (κ1) is 12.2. The van der Waals surface area contributed by atoms with Gasteiger partial charge in [-0.05, 0) is 41.8 Å². The zero-order chi connectivity index (χ0) is 12.1. The summed E-state index contributed by atoms with van der Waals surface area (Å²) in [5.74, 6) is 0. The van der Waals surface area contributed by atoms with Crippen LogP contribution in [0.3, 0.4) is 0 Å². The largest absolute Gasteiger partial charge is 0.305 e. The van der Waals surface area contributed by atoms with Gasteiger partial charge in [-0.2, -0.15) is 11.3 Å². The Hall–Kier alpha value is -1.26. The summed E-state index contributed by atoms with van der Waals surface area (Å²) in [6, 6.07) is 0.162. The third kappa shape index (κ3) is 2.90. The summed E-state index contributed by atoms with van der Waals surface area (Å²) in [7, 11) is 0. The van der Waals surface area contributed by atoms with Crippen molar-refractivity contribution >= 4 is 11.3 Å². The maximum absolute atomic E-state index is 4.41. The minimum absolute atomic E-state index is 0.162.